The number of anilines is 1. The zero-order valence-corrected chi connectivity index (χ0v) is 14.1. The molecule has 0 bridgehead atoms. The molecule has 24 heavy (non-hydrogen) atoms. The van der Waals surface area contributed by atoms with Crippen molar-refractivity contribution in [1.82, 2.24) is 15.1 Å². The molecule has 1 aromatic heterocycles. The maximum absolute atomic E-state index is 13.8. The third kappa shape index (κ3) is 4.55. The third-order valence-corrected chi connectivity index (χ3v) is 3.77. The van der Waals surface area contributed by atoms with Crippen molar-refractivity contribution in [3.05, 3.63) is 47.9 Å². The van der Waals surface area contributed by atoms with Crippen molar-refractivity contribution in [2.24, 2.45) is 5.41 Å². The number of halogens is 1. The highest BCUT2D eigenvalue weighted by Crippen LogP contribution is 2.19. The first-order chi connectivity index (χ1) is 11.3. The first-order valence-electron chi connectivity index (χ1n) is 7.75. The molecule has 6 nitrogen and oxygen atoms in total. The van der Waals surface area contributed by atoms with Gasteiger partial charge in [-0.3, -0.25) is 5.32 Å². The predicted molar refractivity (Wildman–Crippen MR) is 90.2 cm³/mol. The second-order valence-electron chi connectivity index (χ2n) is 6.67. The van der Waals surface area contributed by atoms with Gasteiger partial charge in [-0.15, -0.1) is 0 Å². The molecule has 3 N–H and O–H groups in total. The number of benzene rings is 1. The highest BCUT2D eigenvalue weighted by atomic mass is 19.1. The minimum atomic E-state index is -0.445. The SMILES string of the molecule is CC(C)(C)[C@@H](CO)NC(=O)Nc1ccnn1Cc1ccccc1F. The van der Waals surface area contributed by atoms with Crippen molar-refractivity contribution in [2.45, 2.75) is 33.4 Å². The molecular formula is C17H23FN4O2. The number of aliphatic hydroxyl groups is 1. The van der Waals surface area contributed by atoms with Gasteiger partial charge in [0.2, 0.25) is 0 Å². The Balaban J connectivity index is 2.05. The fraction of sp³-hybridized carbons (Fsp3) is 0.412. The minimum Gasteiger partial charge on any atom is -0.394 e. The molecule has 0 saturated heterocycles. The number of carbonyl (C=O) groups is 1. The molecule has 1 aromatic carbocycles. The smallest absolute Gasteiger partial charge is 0.320 e. The number of nitrogens with one attached hydrogen (secondary N) is 2. The number of hydrogen-bond donors (Lipinski definition) is 3. The number of carbonyl (C=O) groups excluding carboxylic acids is 1. The van der Waals surface area contributed by atoms with Crippen LogP contribution in [0.3, 0.4) is 0 Å². The van der Waals surface area contributed by atoms with Crippen LogP contribution in [0, 0.1) is 11.2 Å². The number of aliphatic hydroxyl groups excluding tert-OH is 1. The molecule has 0 aliphatic carbocycles. The Morgan fingerprint density at radius 2 is 2.04 bits per heavy atom. The zero-order valence-electron chi connectivity index (χ0n) is 14.1. The van der Waals surface area contributed by atoms with E-state index in [1.54, 1.807) is 24.3 Å². The first-order valence-corrected chi connectivity index (χ1v) is 7.75. The molecule has 0 unspecified atom stereocenters. The van der Waals surface area contributed by atoms with Crippen LogP contribution in [0.1, 0.15) is 26.3 Å². The molecule has 1 heterocycles. The van der Waals surface area contributed by atoms with Gasteiger partial charge in [0.25, 0.3) is 0 Å². The summed E-state index contributed by atoms with van der Waals surface area (Å²) in [5.41, 5.74) is 0.201. The van der Waals surface area contributed by atoms with Crippen LogP contribution in [-0.2, 0) is 6.54 Å². The molecule has 2 amide bonds. The molecule has 130 valence electrons. The van der Waals surface area contributed by atoms with Crippen LogP contribution < -0.4 is 10.6 Å². The van der Waals surface area contributed by atoms with E-state index in [4.69, 9.17) is 0 Å². The number of nitrogens with zero attached hydrogens (tertiary/aromatic N) is 2. The maximum Gasteiger partial charge on any atom is 0.320 e. The fourth-order valence-corrected chi connectivity index (χ4v) is 2.20. The minimum absolute atomic E-state index is 0.161. The van der Waals surface area contributed by atoms with E-state index in [9.17, 15) is 14.3 Å². The van der Waals surface area contributed by atoms with Crippen molar-refractivity contribution in [1.29, 1.82) is 0 Å². The molecule has 0 aliphatic rings. The Labute approximate surface area is 140 Å². The van der Waals surface area contributed by atoms with Gasteiger partial charge in [-0.05, 0) is 11.5 Å². The van der Waals surface area contributed by atoms with E-state index < -0.39 is 6.03 Å². The topological polar surface area (TPSA) is 79.2 Å². The van der Waals surface area contributed by atoms with Crippen LogP contribution in [0.4, 0.5) is 15.0 Å². The van der Waals surface area contributed by atoms with Crippen LogP contribution in [-0.4, -0.2) is 33.6 Å². The van der Waals surface area contributed by atoms with Crippen LogP contribution in [0.5, 0.6) is 0 Å². The van der Waals surface area contributed by atoms with Crippen LogP contribution in [0.25, 0.3) is 0 Å². The van der Waals surface area contributed by atoms with E-state index >= 15 is 0 Å². The summed E-state index contributed by atoms with van der Waals surface area (Å²) in [7, 11) is 0. The highest BCUT2D eigenvalue weighted by molar-refractivity contribution is 5.88. The van der Waals surface area contributed by atoms with E-state index in [0.29, 0.717) is 11.4 Å². The van der Waals surface area contributed by atoms with E-state index in [-0.39, 0.29) is 30.4 Å². The van der Waals surface area contributed by atoms with Crippen LogP contribution in [0.15, 0.2) is 36.5 Å². The lowest BCUT2D eigenvalue weighted by Gasteiger charge is -2.29. The summed E-state index contributed by atoms with van der Waals surface area (Å²) in [6.45, 7) is 5.83. The number of aromatic nitrogens is 2. The number of amides is 2. The average molecular weight is 334 g/mol. The summed E-state index contributed by atoms with van der Waals surface area (Å²) in [5, 5.41) is 18.9. The second kappa shape index (κ2) is 7.44. The van der Waals surface area contributed by atoms with Crippen molar-refractivity contribution >= 4 is 11.8 Å². The van der Waals surface area contributed by atoms with Crippen molar-refractivity contribution in [2.75, 3.05) is 11.9 Å². The predicted octanol–water partition coefficient (Wildman–Crippen LogP) is 2.60. The van der Waals surface area contributed by atoms with E-state index in [0.717, 1.165) is 0 Å². The Morgan fingerprint density at radius 1 is 1.33 bits per heavy atom. The standard InChI is InChI=1S/C17H23FN4O2/c1-17(2,3)14(11-23)20-16(24)21-15-8-9-19-22(15)10-12-6-4-5-7-13(12)18/h4-9,14,23H,10-11H2,1-3H3,(H2,20,21,24)/t14-/m1/s1. The van der Waals surface area contributed by atoms with E-state index in [1.165, 1.54) is 16.9 Å². The zero-order chi connectivity index (χ0) is 17.7. The van der Waals surface area contributed by atoms with Gasteiger partial charge in [-0.25, -0.2) is 13.9 Å². The molecule has 0 fully saturated rings. The summed E-state index contributed by atoms with van der Waals surface area (Å²) >= 11 is 0. The Morgan fingerprint density at radius 3 is 2.67 bits per heavy atom. The molecule has 0 saturated carbocycles. The monoisotopic (exact) mass is 334 g/mol. The summed E-state index contributed by atoms with van der Waals surface area (Å²) in [6, 6.07) is 7.22. The number of urea groups is 1. The summed E-state index contributed by atoms with van der Waals surface area (Å²) < 4.78 is 15.3. The molecular weight excluding hydrogens is 311 g/mol. The molecule has 2 aromatic rings. The molecule has 0 radical (unpaired) electrons. The summed E-state index contributed by atoms with van der Waals surface area (Å²) in [6.07, 6.45) is 1.53. The highest BCUT2D eigenvalue weighted by Gasteiger charge is 2.25. The van der Waals surface area contributed by atoms with E-state index in [2.05, 4.69) is 15.7 Å². The first kappa shape index (κ1) is 17.9. The van der Waals surface area contributed by atoms with E-state index in [1.807, 2.05) is 20.8 Å². The van der Waals surface area contributed by atoms with Crippen molar-refractivity contribution in [3.63, 3.8) is 0 Å². The Hall–Kier alpha value is -2.41. The van der Waals surface area contributed by atoms with Crippen LogP contribution in [0.2, 0.25) is 0 Å². The van der Waals surface area contributed by atoms with Crippen molar-refractivity contribution < 1.29 is 14.3 Å². The van der Waals surface area contributed by atoms with Gasteiger partial charge in [0.1, 0.15) is 11.6 Å². The molecule has 0 spiro atoms. The molecule has 0 aliphatic heterocycles. The molecule has 7 heteroatoms. The normalized spacial score (nSPS) is 12.7. The summed E-state index contributed by atoms with van der Waals surface area (Å²) in [5.74, 6) is 0.123. The van der Waals surface area contributed by atoms with Gasteiger partial charge in [-0.2, -0.15) is 5.10 Å². The van der Waals surface area contributed by atoms with Crippen molar-refractivity contribution in [3.8, 4) is 0 Å². The lowest BCUT2D eigenvalue weighted by molar-refractivity contribution is 0.162. The average Bonchev–Trinajstić information content (AvgIpc) is 2.93. The van der Waals surface area contributed by atoms with Gasteiger partial charge >= 0.3 is 6.03 Å². The summed E-state index contributed by atoms with van der Waals surface area (Å²) in [4.78, 5) is 12.1. The Kier molecular flexibility index (Phi) is 5.56. The van der Waals surface area contributed by atoms with Gasteiger partial charge < -0.3 is 10.4 Å². The molecule has 2 rings (SSSR count). The quantitative estimate of drug-likeness (QED) is 0.786. The fourth-order valence-electron chi connectivity index (χ4n) is 2.20. The lowest BCUT2D eigenvalue weighted by atomic mass is 9.87. The van der Waals surface area contributed by atoms with Gasteiger partial charge in [0.15, 0.2) is 0 Å². The Bertz CT molecular complexity index is 694. The van der Waals surface area contributed by atoms with Gasteiger partial charge in [0, 0.05) is 11.6 Å². The second-order valence-corrected chi connectivity index (χ2v) is 6.67. The third-order valence-electron chi connectivity index (χ3n) is 3.77. The van der Waals surface area contributed by atoms with Gasteiger partial charge in [0.05, 0.1) is 25.4 Å². The number of rotatable bonds is 5. The van der Waals surface area contributed by atoms with Crippen LogP contribution >= 0.6 is 0 Å². The lowest BCUT2D eigenvalue weighted by Crippen LogP contribution is -2.47. The maximum atomic E-state index is 13.8. The number of hydrogen-bond acceptors (Lipinski definition) is 3. The van der Waals surface area contributed by atoms with Gasteiger partial charge in [-0.1, -0.05) is 39.0 Å². The largest absolute Gasteiger partial charge is 0.394 e. The molecule has 1 atom stereocenters.